The molecule has 2 aromatic heterocycles. The van der Waals surface area contributed by atoms with Crippen LogP contribution in [0.3, 0.4) is 0 Å². The number of aromatic nitrogens is 4. The summed E-state index contributed by atoms with van der Waals surface area (Å²) in [7, 11) is 3.48. The minimum absolute atomic E-state index is 0.00534. The van der Waals surface area contributed by atoms with Crippen molar-refractivity contribution in [2.75, 3.05) is 33.1 Å². The Labute approximate surface area is 185 Å². The monoisotopic (exact) mass is 471 g/mol. The van der Waals surface area contributed by atoms with Gasteiger partial charge in [0, 0.05) is 20.0 Å². The van der Waals surface area contributed by atoms with Gasteiger partial charge >= 0.3 is 6.03 Å². The number of hydrogen-bond acceptors (Lipinski definition) is 10. The van der Waals surface area contributed by atoms with Crippen LogP contribution in [0, 0.1) is 4.91 Å². The first-order valence-corrected chi connectivity index (χ1v) is 9.93. The average Bonchev–Trinajstić information content (AvgIpc) is 3.32. The summed E-state index contributed by atoms with van der Waals surface area (Å²) in [5, 5.41) is 25.7. The summed E-state index contributed by atoms with van der Waals surface area (Å²) in [6.45, 7) is -0.715. The lowest BCUT2D eigenvalue weighted by Gasteiger charge is -2.24. The van der Waals surface area contributed by atoms with Gasteiger partial charge in [-0.2, -0.15) is 9.99 Å². The maximum absolute atomic E-state index is 12.4. The molecular weight excluding hydrogens is 450 g/mol. The Hall–Kier alpha value is -3.14. The minimum atomic E-state index is -1.36. The highest BCUT2D eigenvalue weighted by Crippen LogP contribution is 2.31. The van der Waals surface area contributed by atoms with E-state index in [1.165, 1.54) is 17.2 Å². The number of aromatic amines is 1. The van der Waals surface area contributed by atoms with Gasteiger partial charge < -0.3 is 25.2 Å². The number of fused-ring (bicyclic) bond motifs is 1. The predicted molar refractivity (Wildman–Crippen MR) is 113 cm³/mol. The molecule has 1 fully saturated rings. The van der Waals surface area contributed by atoms with Gasteiger partial charge in [-0.25, -0.2) is 14.8 Å². The highest BCUT2D eigenvalue weighted by molar-refractivity contribution is 6.18. The fourth-order valence-electron chi connectivity index (χ4n) is 3.10. The number of amides is 2. The number of ether oxygens (including phenoxy) is 1. The molecule has 1 aliphatic heterocycles. The fraction of sp³-hybridized carbons (Fsp3) is 0.562. The second-order valence-electron chi connectivity index (χ2n) is 7.03. The standard InChI is InChI=1S/C16H22ClN9O6/c1-24(2)6-19-15-21-12-10(13(29)22-15)18-7-25(12)14-9(11(28)8(5-27)32-14)20-16(30)26(23-31)4-3-17/h6-9,11,14,27-28H,3-5H2,1-2H3,(H,20,30)(H,21,22,29). The molecule has 1 saturated heterocycles. The predicted octanol–water partition coefficient (Wildman–Crippen LogP) is -1.11. The molecule has 3 rings (SSSR count). The van der Waals surface area contributed by atoms with Crippen molar-refractivity contribution in [3.05, 3.63) is 21.6 Å². The van der Waals surface area contributed by atoms with Gasteiger partial charge in [-0.1, -0.05) is 0 Å². The van der Waals surface area contributed by atoms with E-state index in [1.54, 1.807) is 19.0 Å². The maximum atomic E-state index is 12.4. The Kier molecular flexibility index (Phi) is 7.34. The van der Waals surface area contributed by atoms with E-state index >= 15 is 0 Å². The number of H-pyrrole nitrogens is 1. The normalized spacial score (nSPS) is 23.0. The number of alkyl halides is 1. The van der Waals surface area contributed by atoms with Gasteiger partial charge in [0.2, 0.25) is 5.95 Å². The van der Waals surface area contributed by atoms with Gasteiger partial charge in [0.05, 0.1) is 31.1 Å². The number of imidazole rings is 1. The Morgan fingerprint density at radius 2 is 2.25 bits per heavy atom. The van der Waals surface area contributed by atoms with Crippen molar-refractivity contribution in [1.82, 2.24) is 34.7 Å². The summed E-state index contributed by atoms with van der Waals surface area (Å²) in [4.78, 5) is 52.2. The molecule has 0 saturated carbocycles. The first kappa shape index (κ1) is 23.5. The van der Waals surface area contributed by atoms with Crippen LogP contribution in [-0.4, -0.2) is 103 Å². The molecule has 32 heavy (non-hydrogen) atoms. The third-order valence-corrected chi connectivity index (χ3v) is 4.74. The molecule has 1 aliphatic rings. The second-order valence-corrected chi connectivity index (χ2v) is 7.41. The molecule has 0 spiro atoms. The number of hydrogen-bond donors (Lipinski definition) is 4. The van der Waals surface area contributed by atoms with Crippen molar-refractivity contribution in [2.45, 2.75) is 24.5 Å². The number of rotatable bonds is 8. The largest absolute Gasteiger partial charge is 0.394 e. The fourth-order valence-corrected chi connectivity index (χ4v) is 3.26. The van der Waals surface area contributed by atoms with Crippen LogP contribution < -0.4 is 10.9 Å². The molecular formula is C16H22ClN9O6. The molecule has 0 aromatic carbocycles. The minimum Gasteiger partial charge on any atom is -0.394 e. The molecule has 0 aliphatic carbocycles. The highest BCUT2D eigenvalue weighted by Gasteiger charge is 2.46. The van der Waals surface area contributed by atoms with Crippen molar-refractivity contribution in [1.29, 1.82) is 0 Å². The zero-order valence-electron chi connectivity index (χ0n) is 17.1. The molecule has 2 aromatic rings. The Bertz CT molecular complexity index is 1060. The quantitative estimate of drug-likeness (QED) is 0.121. The zero-order valence-corrected chi connectivity index (χ0v) is 17.9. The lowest BCUT2D eigenvalue weighted by atomic mass is 10.1. The molecule has 4 atom stereocenters. The van der Waals surface area contributed by atoms with Gasteiger partial charge in [0.1, 0.15) is 18.2 Å². The summed E-state index contributed by atoms with van der Waals surface area (Å²) in [6.07, 6.45) is -0.869. The summed E-state index contributed by atoms with van der Waals surface area (Å²) in [6, 6.07) is -2.07. The Morgan fingerprint density at radius 1 is 1.50 bits per heavy atom. The van der Waals surface area contributed by atoms with E-state index in [9.17, 15) is 24.7 Å². The van der Waals surface area contributed by atoms with Crippen LogP contribution in [0.15, 0.2) is 21.4 Å². The van der Waals surface area contributed by atoms with Crippen molar-refractivity contribution in [3.63, 3.8) is 0 Å². The average molecular weight is 472 g/mol. The summed E-state index contributed by atoms with van der Waals surface area (Å²) < 4.78 is 7.02. The van der Waals surface area contributed by atoms with Crippen LogP contribution in [0.1, 0.15) is 6.23 Å². The van der Waals surface area contributed by atoms with E-state index < -0.39 is 42.7 Å². The number of nitroso groups, excluding NO2 is 1. The van der Waals surface area contributed by atoms with E-state index in [1.807, 2.05) is 0 Å². The van der Waals surface area contributed by atoms with Crippen LogP contribution in [0.5, 0.6) is 0 Å². The number of aliphatic hydroxyl groups is 2. The van der Waals surface area contributed by atoms with Crippen molar-refractivity contribution < 1.29 is 19.7 Å². The van der Waals surface area contributed by atoms with E-state index in [-0.39, 0.29) is 29.5 Å². The van der Waals surface area contributed by atoms with Crippen LogP contribution in [0.4, 0.5) is 10.7 Å². The number of aliphatic hydroxyl groups excluding tert-OH is 2. The van der Waals surface area contributed by atoms with Crippen LogP contribution >= 0.6 is 11.6 Å². The van der Waals surface area contributed by atoms with Gasteiger partial charge in [-0.3, -0.25) is 14.3 Å². The molecule has 3 heterocycles. The smallest absolute Gasteiger partial charge is 0.340 e. The number of carbonyl (C=O) groups is 1. The van der Waals surface area contributed by atoms with E-state index in [0.29, 0.717) is 5.01 Å². The van der Waals surface area contributed by atoms with Gasteiger partial charge in [-0.15, -0.1) is 16.5 Å². The summed E-state index contributed by atoms with van der Waals surface area (Å²) >= 11 is 5.56. The van der Waals surface area contributed by atoms with E-state index in [4.69, 9.17) is 16.3 Å². The molecule has 4 unspecified atom stereocenters. The van der Waals surface area contributed by atoms with Crippen LogP contribution in [0.25, 0.3) is 11.2 Å². The number of halogens is 1. The lowest BCUT2D eigenvalue weighted by Crippen LogP contribution is -2.50. The number of urea groups is 1. The molecule has 16 heteroatoms. The Balaban J connectivity index is 2.00. The third kappa shape index (κ3) is 4.69. The lowest BCUT2D eigenvalue weighted by molar-refractivity contribution is -0.0440. The van der Waals surface area contributed by atoms with E-state index in [2.05, 4.69) is 30.5 Å². The second kappa shape index (κ2) is 9.99. The molecule has 0 radical (unpaired) electrons. The molecule has 0 bridgehead atoms. The molecule has 174 valence electrons. The molecule has 4 N–H and O–H groups in total. The SMILES string of the molecule is CN(C)C=Nc1nc2c(ncn2C2OC(CO)C(O)C2NC(=O)N(CCCl)N=O)c(=O)[nH]1. The Morgan fingerprint density at radius 3 is 2.88 bits per heavy atom. The third-order valence-electron chi connectivity index (χ3n) is 4.57. The first-order valence-electron chi connectivity index (χ1n) is 9.39. The number of carbonyl (C=O) groups excluding carboxylic acids is 1. The van der Waals surface area contributed by atoms with E-state index in [0.717, 1.165) is 0 Å². The first-order chi connectivity index (χ1) is 15.3. The number of nitrogens with one attached hydrogen (secondary N) is 2. The van der Waals surface area contributed by atoms with Crippen LogP contribution in [-0.2, 0) is 4.74 Å². The maximum Gasteiger partial charge on any atom is 0.340 e. The number of nitrogens with zero attached hydrogens (tertiary/aromatic N) is 7. The molecule has 15 nitrogen and oxygen atoms in total. The van der Waals surface area contributed by atoms with Crippen molar-refractivity contribution >= 4 is 41.1 Å². The van der Waals surface area contributed by atoms with Crippen LogP contribution in [0.2, 0.25) is 0 Å². The van der Waals surface area contributed by atoms with Gasteiger partial charge in [0.15, 0.2) is 17.4 Å². The molecule has 2 amide bonds. The van der Waals surface area contributed by atoms with Gasteiger partial charge in [0.25, 0.3) is 5.56 Å². The van der Waals surface area contributed by atoms with Gasteiger partial charge in [-0.05, 0) is 0 Å². The zero-order chi connectivity index (χ0) is 23.4. The van der Waals surface area contributed by atoms with Crippen molar-refractivity contribution in [2.24, 2.45) is 10.3 Å². The summed E-state index contributed by atoms with van der Waals surface area (Å²) in [5.74, 6) is -0.0463. The number of aliphatic imine (C=N–C) groups is 1. The topological polar surface area (TPSA) is 191 Å². The highest BCUT2D eigenvalue weighted by atomic mass is 35.5. The van der Waals surface area contributed by atoms with Crippen molar-refractivity contribution in [3.8, 4) is 0 Å². The summed E-state index contributed by atoms with van der Waals surface area (Å²) in [5.41, 5.74) is -0.514.